The minimum Gasteiger partial charge on any atom is -0.489 e. The average molecular weight is 232 g/mol. The van der Waals surface area contributed by atoms with Crippen molar-refractivity contribution in [2.24, 2.45) is 0 Å². The molecular formula is C11H15ClFNO. The zero-order chi connectivity index (χ0) is 9.97. The van der Waals surface area contributed by atoms with E-state index >= 15 is 0 Å². The highest BCUT2D eigenvalue weighted by molar-refractivity contribution is 5.85. The Morgan fingerprint density at radius 1 is 1.47 bits per heavy atom. The van der Waals surface area contributed by atoms with E-state index in [0.717, 1.165) is 30.8 Å². The fraction of sp³-hybridized carbons (Fsp3) is 0.455. The Morgan fingerprint density at radius 2 is 2.27 bits per heavy atom. The van der Waals surface area contributed by atoms with E-state index in [1.165, 1.54) is 12.1 Å². The molecule has 0 radical (unpaired) electrons. The molecule has 0 saturated carbocycles. The van der Waals surface area contributed by atoms with Gasteiger partial charge in [-0.1, -0.05) is 0 Å². The largest absolute Gasteiger partial charge is 0.489 e. The van der Waals surface area contributed by atoms with Gasteiger partial charge in [0, 0.05) is 6.54 Å². The number of ether oxygens (including phenoxy) is 1. The molecule has 0 spiro atoms. The van der Waals surface area contributed by atoms with Crippen molar-refractivity contribution in [1.82, 2.24) is 5.32 Å². The summed E-state index contributed by atoms with van der Waals surface area (Å²) in [6.07, 6.45) is 1.26. The summed E-state index contributed by atoms with van der Waals surface area (Å²) in [5.74, 6) is 0.583. The first kappa shape index (κ1) is 12.3. The predicted octanol–water partition coefficient (Wildman–Crippen LogP) is 2.30. The molecule has 1 aliphatic rings. The van der Waals surface area contributed by atoms with Gasteiger partial charge in [0.15, 0.2) is 0 Å². The lowest BCUT2D eigenvalue weighted by Gasteiger charge is -2.14. The Balaban J connectivity index is 0.00000112. The van der Waals surface area contributed by atoms with Gasteiger partial charge < -0.3 is 10.1 Å². The molecule has 1 fully saturated rings. The van der Waals surface area contributed by atoms with E-state index in [0.29, 0.717) is 0 Å². The highest BCUT2D eigenvalue weighted by atomic mass is 35.5. The Bertz CT molecular complexity index is 326. The van der Waals surface area contributed by atoms with Gasteiger partial charge in [-0.2, -0.15) is 0 Å². The summed E-state index contributed by atoms with van der Waals surface area (Å²) in [5, 5.41) is 3.22. The van der Waals surface area contributed by atoms with Crippen LogP contribution in [0, 0.1) is 12.7 Å². The summed E-state index contributed by atoms with van der Waals surface area (Å²) in [6, 6.07) is 4.63. The smallest absolute Gasteiger partial charge is 0.123 e. The number of halogens is 2. The lowest BCUT2D eigenvalue weighted by Crippen LogP contribution is -2.19. The number of hydrogen-bond acceptors (Lipinski definition) is 2. The van der Waals surface area contributed by atoms with Gasteiger partial charge in [-0.15, -0.1) is 12.4 Å². The summed E-state index contributed by atoms with van der Waals surface area (Å²) < 4.78 is 18.5. The SMILES string of the molecule is Cc1cc(F)ccc1OC1CCNC1.Cl. The van der Waals surface area contributed by atoms with E-state index in [1.807, 2.05) is 6.92 Å². The van der Waals surface area contributed by atoms with Crippen LogP contribution >= 0.6 is 12.4 Å². The van der Waals surface area contributed by atoms with Gasteiger partial charge in [0.1, 0.15) is 17.7 Å². The fourth-order valence-corrected chi connectivity index (χ4v) is 1.65. The molecule has 0 aliphatic carbocycles. The van der Waals surface area contributed by atoms with Crippen LogP contribution < -0.4 is 10.1 Å². The van der Waals surface area contributed by atoms with Crippen molar-refractivity contribution < 1.29 is 9.13 Å². The molecule has 2 rings (SSSR count). The van der Waals surface area contributed by atoms with Crippen LogP contribution in [0.2, 0.25) is 0 Å². The highest BCUT2D eigenvalue weighted by Gasteiger charge is 2.16. The maximum absolute atomic E-state index is 12.8. The van der Waals surface area contributed by atoms with Crippen LogP contribution in [-0.2, 0) is 0 Å². The van der Waals surface area contributed by atoms with Crippen molar-refractivity contribution in [3.05, 3.63) is 29.6 Å². The van der Waals surface area contributed by atoms with Gasteiger partial charge in [0.05, 0.1) is 0 Å². The van der Waals surface area contributed by atoms with Crippen molar-refractivity contribution in [1.29, 1.82) is 0 Å². The molecule has 0 amide bonds. The molecule has 84 valence electrons. The third kappa shape index (κ3) is 3.08. The molecule has 0 aromatic heterocycles. The van der Waals surface area contributed by atoms with Crippen molar-refractivity contribution in [3.63, 3.8) is 0 Å². The number of hydrogen-bond donors (Lipinski definition) is 1. The van der Waals surface area contributed by atoms with Crippen LogP contribution in [0.5, 0.6) is 5.75 Å². The zero-order valence-corrected chi connectivity index (χ0v) is 9.44. The second-order valence-electron chi connectivity index (χ2n) is 3.64. The van der Waals surface area contributed by atoms with Crippen LogP contribution in [0.3, 0.4) is 0 Å². The van der Waals surface area contributed by atoms with Crippen molar-refractivity contribution in [2.75, 3.05) is 13.1 Å². The molecule has 1 aromatic carbocycles. The van der Waals surface area contributed by atoms with Crippen LogP contribution in [0.15, 0.2) is 18.2 Å². The topological polar surface area (TPSA) is 21.3 Å². The Kier molecular flexibility index (Phi) is 4.36. The zero-order valence-electron chi connectivity index (χ0n) is 8.63. The molecule has 1 saturated heterocycles. The normalized spacial score (nSPS) is 19.7. The molecule has 1 atom stereocenters. The lowest BCUT2D eigenvalue weighted by molar-refractivity contribution is 0.221. The monoisotopic (exact) mass is 231 g/mol. The quantitative estimate of drug-likeness (QED) is 0.844. The average Bonchev–Trinajstić information content (AvgIpc) is 2.62. The summed E-state index contributed by atoms with van der Waals surface area (Å²) in [4.78, 5) is 0. The van der Waals surface area contributed by atoms with Crippen molar-refractivity contribution in [3.8, 4) is 5.75 Å². The van der Waals surface area contributed by atoms with Gasteiger partial charge in [-0.25, -0.2) is 4.39 Å². The van der Waals surface area contributed by atoms with Gasteiger partial charge in [-0.3, -0.25) is 0 Å². The second kappa shape index (κ2) is 5.33. The molecule has 1 aliphatic heterocycles. The number of aryl methyl sites for hydroxylation is 1. The molecule has 0 bridgehead atoms. The van der Waals surface area contributed by atoms with Crippen molar-refractivity contribution >= 4 is 12.4 Å². The lowest BCUT2D eigenvalue weighted by atomic mass is 10.2. The molecule has 1 aromatic rings. The first-order chi connectivity index (χ1) is 6.75. The molecular weight excluding hydrogens is 217 g/mol. The Labute approximate surface area is 95.2 Å². The Hall–Kier alpha value is -0.800. The fourth-order valence-electron chi connectivity index (χ4n) is 1.65. The molecule has 15 heavy (non-hydrogen) atoms. The highest BCUT2D eigenvalue weighted by Crippen LogP contribution is 2.21. The number of nitrogens with one attached hydrogen (secondary N) is 1. The molecule has 1 heterocycles. The predicted molar refractivity (Wildman–Crippen MR) is 60.3 cm³/mol. The Morgan fingerprint density at radius 3 is 2.87 bits per heavy atom. The van der Waals surface area contributed by atoms with E-state index in [2.05, 4.69) is 5.32 Å². The summed E-state index contributed by atoms with van der Waals surface area (Å²) >= 11 is 0. The van der Waals surface area contributed by atoms with Crippen LogP contribution in [0.4, 0.5) is 4.39 Å². The first-order valence-corrected chi connectivity index (χ1v) is 4.89. The molecule has 1 unspecified atom stereocenters. The van der Waals surface area contributed by atoms with E-state index < -0.39 is 0 Å². The van der Waals surface area contributed by atoms with E-state index in [-0.39, 0.29) is 24.3 Å². The molecule has 4 heteroatoms. The number of benzene rings is 1. The van der Waals surface area contributed by atoms with Crippen LogP contribution in [-0.4, -0.2) is 19.2 Å². The second-order valence-corrected chi connectivity index (χ2v) is 3.64. The maximum Gasteiger partial charge on any atom is 0.123 e. The van der Waals surface area contributed by atoms with Gasteiger partial charge in [0.2, 0.25) is 0 Å². The molecule has 1 N–H and O–H groups in total. The summed E-state index contributed by atoms with van der Waals surface area (Å²) in [7, 11) is 0. The van der Waals surface area contributed by atoms with Crippen LogP contribution in [0.25, 0.3) is 0 Å². The summed E-state index contributed by atoms with van der Waals surface area (Å²) in [5.41, 5.74) is 0.858. The number of rotatable bonds is 2. The third-order valence-corrected chi connectivity index (χ3v) is 2.45. The molecule has 2 nitrogen and oxygen atoms in total. The minimum atomic E-state index is -0.209. The van der Waals surface area contributed by atoms with Gasteiger partial charge in [-0.05, 0) is 43.7 Å². The summed E-state index contributed by atoms with van der Waals surface area (Å²) in [6.45, 7) is 3.75. The van der Waals surface area contributed by atoms with Gasteiger partial charge >= 0.3 is 0 Å². The van der Waals surface area contributed by atoms with E-state index in [4.69, 9.17) is 4.74 Å². The minimum absolute atomic E-state index is 0. The van der Waals surface area contributed by atoms with Crippen LogP contribution in [0.1, 0.15) is 12.0 Å². The maximum atomic E-state index is 12.8. The first-order valence-electron chi connectivity index (χ1n) is 4.89. The van der Waals surface area contributed by atoms with E-state index in [1.54, 1.807) is 6.07 Å². The third-order valence-electron chi connectivity index (χ3n) is 2.45. The van der Waals surface area contributed by atoms with Gasteiger partial charge in [0.25, 0.3) is 0 Å². The van der Waals surface area contributed by atoms with Crippen molar-refractivity contribution in [2.45, 2.75) is 19.4 Å². The standard InChI is InChI=1S/C11H14FNO.ClH/c1-8-6-9(12)2-3-11(8)14-10-4-5-13-7-10;/h2-3,6,10,13H,4-5,7H2,1H3;1H. The van der Waals surface area contributed by atoms with E-state index in [9.17, 15) is 4.39 Å².